The highest BCUT2D eigenvalue weighted by Gasteiger charge is 2.35. The Hall–Kier alpha value is -2.94. The number of nitrogens with one attached hydrogen (secondary N) is 3. The second kappa shape index (κ2) is 7.82. The molecule has 3 heterocycles. The monoisotopic (exact) mass is 419 g/mol. The number of nitrogens with zero attached hydrogens (tertiary/aromatic N) is 2. The average Bonchev–Trinajstić information content (AvgIpc) is 2.70. The van der Waals surface area contributed by atoms with Gasteiger partial charge in [-0.1, -0.05) is 11.6 Å². The van der Waals surface area contributed by atoms with E-state index in [4.69, 9.17) is 11.6 Å². The molecule has 0 radical (unpaired) electrons. The van der Waals surface area contributed by atoms with E-state index in [1.54, 1.807) is 0 Å². The van der Waals surface area contributed by atoms with E-state index in [-0.39, 0.29) is 28.5 Å². The largest absolute Gasteiger partial charge is 0.342 e. The number of amides is 2. The van der Waals surface area contributed by atoms with Crippen LogP contribution >= 0.6 is 11.6 Å². The fraction of sp³-hybridized carbons (Fsp3) is 0.368. The fourth-order valence-electron chi connectivity index (χ4n) is 3.64. The number of fused-ring (bicyclic) bond motifs is 1. The average molecular weight is 420 g/mol. The molecule has 0 unspecified atom stereocenters. The van der Waals surface area contributed by atoms with Crippen LogP contribution in [0.5, 0.6) is 0 Å². The number of benzene rings is 1. The SMILES string of the molecule is O=C1C[C@@H](C(=O)Nc2ccc(F)c(Cl)c2)c2c(nc(N3CCCCC3)[nH]c2=O)N1. The van der Waals surface area contributed by atoms with Crippen LogP contribution in [0.25, 0.3) is 0 Å². The lowest BCUT2D eigenvalue weighted by Gasteiger charge is -2.29. The van der Waals surface area contributed by atoms with E-state index in [0.717, 1.165) is 38.4 Å². The smallest absolute Gasteiger partial charge is 0.258 e. The number of rotatable bonds is 3. The minimum Gasteiger partial charge on any atom is -0.342 e. The first kappa shape index (κ1) is 19.4. The summed E-state index contributed by atoms with van der Waals surface area (Å²) in [4.78, 5) is 46.8. The van der Waals surface area contributed by atoms with Crippen LogP contribution in [0, 0.1) is 5.82 Å². The summed E-state index contributed by atoms with van der Waals surface area (Å²) in [5.41, 5.74) is -0.0906. The van der Waals surface area contributed by atoms with E-state index < -0.39 is 29.1 Å². The van der Waals surface area contributed by atoms with Gasteiger partial charge in [0.15, 0.2) is 0 Å². The number of carbonyl (C=O) groups excluding carboxylic acids is 2. The first-order valence-electron chi connectivity index (χ1n) is 9.37. The van der Waals surface area contributed by atoms with Crippen molar-refractivity contribution in [3.05, 3.63) is 45.0 Å². The van der Waals surface area contributed by atoms with Gasteiger partial charge < -0.3 is 15.5 Å². The van der Waals surface area contributed by atoms with Gasteiger partial charge in [0.2, 0.25) is 17.8 Å². The van der Waals surface area contributed by atoms with Gasteiger partial charge in [-0.05, 0) is 37.5 Å². The summed E-state index contributed by atoms with van der Waals surface area (Å²) in [6, 6.07) is 3.74. The van der Waals surface area contributed by atoms with Gasteiger partial charge in [0.1, 0.15) is 11.6 Å². The van der Waals surface area contributed by atoms with Gasteiger partial charge in [0.05, 0.1) is 16.5 Å². The zero-order chi connectivity index (χ0) is 20.5. The zero-order valence-electron chi connectivity index (χ0n) is 15.4. The second-order valence-corrected chi connectivity index (χ2v) is 7.53. The van der Waals surface area contributed by atoms with Gasteiger partial charge >= 0.3 is 0 Å². The normalized spacial score (nSPS) is 18.8. The number of hydrogen-bond acceptors (Lipinski definition) is 5. The molecule has 1 fully saturated rings. The lowest BCUT2D eigenvalue weighted by Crippen LogP contribution is -2.38. The Morgan fingerprint density at radius 1 is 1.24 bits per heavy atom. The Morgan fingerprint density at radius 2 is 2.00 bits per heavy atom. The van der Waals surface area contributed by atoms with Crippen molar-refractivity contribution < 1.29 is 14.0 Å². The summed E-state index contributed by atoms with van der Waals surface area (Å²) in [6.07, 6.45) is 2.93. The molecule has 4 rings (SSSR count). The number of carbonyl (C=O) groups is 2. The van der Waals surface area contributed by atoms with E-state index in [1.165, 1.54) is 12.1 Å². The number of aromatic amines is 1. The number of halogens is 2. The molecule has 2 amide bonds. The van der Waals surface area contributed by atoms with Crippen LogP contribution in [0.1, 0.15) is 37.2 Å². The topological polar surface area (TPSA) is 107 Å². The van der Waals surface area contributed by atoms with Crippen molar-refractivity contribution in [2.24, 2.45) is 0 Å². The molecule has 0 spiro atoms. The second-order valence-electron chi connectivity index (χ2n) is 7.12. The van der Waals surface area contributed by atoms with Gasteiger partial charge in [-0.15, -0.1) is 0 Å². The number of piperidine rings is 1. The molecule has 0 aliphatic carbocycles. The maximum absolute atomic E-state index is 13.3. The minimum absolute atomic E-state index is 0.0999. The molecule has 1 aromatic carbocycles. The van der Waals surface area contributed by atoms with E-state index in [2.05, 4.69) is 20.6 Å². The number of hydrogen-bond donors (Lipinski definition) is 3. The first-order chi connectivity index (χ1) is 13.9. The molecule has 1 saturated heterocycles. The number of H-pyrrole nitrogens is 1. The molecule has 8 nitrogen and oxygen atoms in total. The Bertz CT molecular complexity index is 1030. The van der Waals surface area contributed by atoms with Crippen LogP contribution in [-0.2, 0) is 9.59 Å². The van der Waals surface area contributed by atoms with Crippen LogP contribution < -0.4 is 21.1 Å². The minimum atomic E-state index is -1.02. The van der Waals surface area contributed by atoms with Gasteiger partial charge in [-0.3, -0.25) is 19.4 Å². The summed E-state index contributed by atoms with van der Waals surface area (Å²) in [7, 11) is 0. The Balaban J connectivity index is 1.64. The van der Waals surface area contributed by atoms with Crippen LogP contribution in [0.2, 0.25) is 5.02 Å². The summed E-state index contributed by atoms with van der Waals surface area (Å²) >= 11 is 5.74. The third-order valence-corrected chi connectivity index (χ3v) is 5.39. The fourth-order valence-corrected chi connectivity index (χ4v) is 3.82. The van der Waals surface area contributed by atoms with Crippen LogP contribution in [-0.4, -0.2) is 34.9 Å². The van der Waals surface area contributed by atoms with Crippen molar-refractivity contribution in [2.75, 3.05) is 28.6 Å². The molecule has 0 saturated carbocycles. The predicted octanol–water partition coefficient (Wildman–Crippen LogP) is 2.62. The molecule has 29 heavy (non-hydrogen) atoms. The molecule has 0 bridgehead atoms. The maximum atomic E-state index is 13.3. The molecule has 2 aliphatic heterocycles. The van der Waals surface area contributed by atoms with Crippen LogP contribution in [0.15, 0.2) is 23.0 Å². The zero-order valence-corrected chi connectivity index (χ0v) is 16.2. The Labute approximate surface area is 170 Å². The highest BCUT2D eigenvalue weighted by atomic mass is 35.5. The number of anilines is 3. The van der Waals surface area contributed by atoms with Crippen molar-refractivity contribution in [3.8, 4) is 0 Å². The molecular weight excluding hydrogens is 401 g/mol. The summed E-state index contributed by atoms with van der Waals surface area (Å²) in [6.45, 7) is 1.54. The summed E-state index contributed by atoms with van der Waals surface area (Å²) < 4.78 is 13.3. The summed E-state index contributed by atoms with van der Waals surface area (Å²) in [5, 5.41) is 5.04. The van der Waals surface area contributed by atoms with Gasteiger partial charge in [0, 0.05) is 25.2 Å². The van der Waals surface area contributed by atoms with E-state index in [1.807, 2.05) is 4.90 Å². The van der Waals surface area contributed by atoms with Crippen LogP contribution in [0.3, 0.4) is 0 Å². The van der Waals surface area contributed by atoms with E-state index in [0.29, 0.717) is 5.95 Å². The molecule has 152 valence electrons. The molecule has 3 N–H and O–H groups in total. The van der Waals surface area contributed by atoms with Gasteiger partial charge in [-0.2, -0.15) is 4.98 Å². The van der Waals surface area contributed by atoms with E-state index >= 15 is 0 Å². The first-order valence-corrected chi connectivity index (χ1v) is 9.75. The van der Waals surface area contributed by atoms with Crippen molar-refractivity contribution >= 4 is 40.9 Å². The number of aromatic nitrogens is 2. The van der Waals surface area contributed by atoms with E-state index in [9.17, 15) is 18.8 Å². The lowest BCUT2D eigenvalue weighted by atomic mass is 9.92. The molecule has 2 aromatic rings. The predicted molar refractivity (Wildman–Crippen MR) is 107 cm³/mol. The Kier molecular flexibility index (Phi) is 5.23. The maximum Gasteiger partial charge on any atom is 0.258 e. The quantitative estimate of drug-likeness (QED) is 0.708. The van der Waals surface area contributed by atoms with Crippen molar-refractivity contribution in [2.45, 2.75) is 31.6 Å². The highest BCUT2D eigenvalue weighted by molar-refractivity contribution is 6.31. The third kappa shape index (κ3) is 3.95. The lowest BCUT2D eigenvalue weighted by molar-refractivity contribution is -0.123. The molecule has 1 atom stereocenters. The van der Waals surface area contributed by atoms with Gasteiger partial charge in [0.25, 0.3) is 5.56 Å². The van der Waals surface area contributed by atoms with Crippen LogP contribution in [0.4, 0.5) is 21.8 Å². The molecular formula is C19H19ClFN5O3. The third-order valence-electron chi connectivity index (χ3n) is 5.10. The highest BCUT2D eigenvalue weighted by Crippen LogP contribution is 2.31. The molecule has 1 aromatic heterocycles. The standard InChI is InChI=1S/C19H19ClFN5O3/c20-12-8-10(4-5-13(12)21)22-17(28)11-9-14(27)23-16-15(11)18(29)25-19(24-16)26-6-2-1-3-7-26/h4-5,8,11H,1-3,6-7,9H2,(H,22,28)(H2,23,24,25,27,29)/t11-/m1/s1. The summed E-state index contributed by atoms with van der Waals surface area (Å²) in [5.74, 6) is -2.12. The molecule has 10 heteroatoms. The van der Waals surface area contributed by atoms with Crippen molar-refractivity contribution in [3.63, 3.8) is 0 Å². The Morgan fingerprint density at radius 3 is 2.72 bits per heavy atom. The van der Waals surface area contributed by atoms with Gasteiger partial charge in [-0.25, -0.2) is 4.39 Å². The van der Waals surface area contributed by atoms with Crippen molar-refractivity contribution in [1.82, 2.24) is 9.97 Å². The molecule has 2 aliphatic rings. The van der Waals surface area contributed by atoms with Crippen molar-refractivity contribution in [1.29, 1.82) is 0 Å².